The van der Waals surface area contributed by atoms with E-state index in [4.69, 9.17) is 0 Å². The molecular weight excluding hydrogens is 302 g/mol. The van der Waals surface area contributed by atoms with Gasteiger partial charge in [-0.25, -0.2) is 0 Å². The number of hydrogen-bond acceptors (Lipinski definition) is 3. The van der Waals surface area contributed by atoms with Crippen LogP contribution in [-0.4, -0.2) is 50.4 Å². The maximum atomic E-state index is 12.1. The van der Waals surface area contributed by atoms with Crippen molar-refractivity contribution in [2.45, 2.75) is 39.5 Å². The average molecular weight is 333 g/mol. The Labute approximate surface area is 146 Å². The van der Waals surface area contributed by atoms with Crippen molar-refractivity contribution < 1.29 is 9.59 Å². The van der Waals surface area contributed by atoms with Crippen LogP contribution in [0.25, 0.3) is 0 Å². The highest BCUT2D eigenvalue weighted by Crippen LogP contribution is 2.32. The molecule has 1 aromatic rings. The standard InChI is InChI=1S/C19H31N3O2/c1-15(23)22(13-11-18(24)20-12-14-21(5)6)17-10-8-7-9-16(17)19(2,3)4/h7-10H,11-14H2,1-6H3,(H,20,24). The quantitative estimate of drug-likeness (QED) is 0.834. The fourth-order valence-electron chi connectivity index (χ4n) is 2.51. The summed E-state index contributed by atoms with van der Waals surface area (Å²) in [6.45, 7) is 9.72. The van der Waals surface area contributed by atoms with E-state index in [9.17, 15) is 9.59 Å². The molecule has 1 N–H and O–H groups in total. The highest BCUT2D eigenvalue weighted by molar-refractivity contribution is 5.93. The SMILES string of the molecule is CC(=O)N(CCC(=O)NCCN(C)C)c1ccccc1C(C)(C)C. The number of likely N-dealkylation sites (N-methyl/N-ethyl adjacent to an activating group) is 1. The lowest BCUT2D eigenvalue weighted by atomic mass is 9.85. The summed E-state index contributed by atoms with van der Waals surface area (Å²) in [5.41, 5.74) is 1.92. The third-order valence-electron chi connectivity index (χ3n) is 3.83. The number of nitrogens with zero attached hydrogens (tertiary/aromatic N) is 2. The highest BCUT2D eigenvalue weighted by Gasteiger charge is 2.23. The van der Waals surface area contributed by atoms with Crippen molar-refractivity contribution in [3.8, 4) is 0 Å². The van der Waals surface area contributed by atoms with Gasteiger partial charge >= 0.3 is 0 Å². The zero-order valence-electron chi connectivity index (χ0n) is 15.8. The van der Waals surface area contributed by atoms with Gasteiger partial charge in [-0.05, 0) is 31.1 Å². The highest BCUT2D eigenvalue weighted by atomic mass is 16.2. The van der Waals surface area contributed by atoms with Crippen molar-refractivity contribution in [2.24, 2.45) is 0 Å². The zero-order valence-corrected chi connectivity index (χ0v) is 15.8. The van der Waals surface area contributed by atoms with Crippen LogP contribution in [0.15, 0.2) is 24.3 Å². The minimum Gasteiger partial charge on any atom is -0.355 e. The Morgan fingerprint density at radius 3 is 2.25 bits per heavy atom. The van der Waals surface area contributed by atoms with Crippen LogP contribution in [-0.2, 0) is 15.0 Å². The lowest BCUT2D eigenvalue weighted by Crippen LogP contribution is -2.37. The van der Waals surface area contributed by atoms with E-state index >= 15 is 0 Å². The molecule has 0 aliphatic rings. The van der Waals surface area contributed by atoms with Gasteiger partial charge in [-0.1, -0.05) is 39.0 Å². The average Bonchev–Trinajstić information content (AvgIpc) is 2.46. The van der Waals surface area contributed by atoms with Crippen LogP contribution in [0, 0.1) is 0 Å². The second kappa shape index (κ2) is 8.83. The van der Waals surface area contributed by atoms with E-state index < -0.39 is 0 Å². The molecule has 0 aliphatic carbocycles. The molecule has 134 valence electrons. The molecule has 0 heterocycles. The summed E-state index contributed by atoms with van der Waals surface area (Å²) in [6.07, 6.45) is 0.297. The lowest BCUT2D eigenvalue weighted by molar-refractivity contribution is -0.121. The topological polar surface area (TPSA) is 52.7 Å². The van der Waals surface area contributed by atoms with Crippen molar-refractivity contribution >= 4 is 17.5 Å². The Morgan fingerprint density at radius 1 is 1.08 bits per heavy atom. The molecule has 24 heavy (non-hydrogen) atoms. The van der Waals surface area contributed by atoms with Crippen molar-refractivity contribution in [2.75, 3.05) is 38.6 Å². The summed E-state index contributed by atoms with van der Waals surface area (Å²) in [5.74, 6) is -0.0795. The van der Waals surface area contributed by atoms with E-state index in [0.29, 0.717) is 19.5 Å². The summed E-state index contributed by atoms with van der Waals surface area (Å²) in [5, 5.41) is 2.89. The molecule has 0 saturated heterocycles. The van der Waals surface area contributed by atoms with Gasteiger partial charge < -0.3 is 15.1 Å². The molecule has 0 saturated carbocycles. The second-order valence-electron chi connectivity index (χ2n) is 7.34. The normalized spacial score (nSPS) is 11.5. The number of para-hydroxylation sites is 1. The Kier molecular flexibility index (Phi) is 7.42. The van der Waals surface area contributed by atoms with Crippen LogP contribution < -0.4 is 10.2 Å². The Bertz CT molecular complexity index is 562. The van der Waals surface area contributed by atoms with Crippen molar-refractivity contribution in [1.29, 1.82) is 0 Å². The smallest absolute Gasteiger partial charge is 0.223 e. The van der Waals surface area contributed by atoms with Crippen molar-refractivity contribution in [3.05, 3.63) is 29.8 Å². The molecule has 0 bridgehead atoms. The molecule has 5 nitrogen and oxygen atoms in total. The van der Waals surface area contributed by atoms with Gasteiger partial charge in [-0.2, -0.15) is 0 Å². The first-order chi connectivity index (χ1) is 11.1. The number of rotatable bonds is 7. The number of benzene rings is 1. The fourth-order valence-corrected chi connectivity index (χ4v) is 2.51. The van der Waals surface area contributed by atoms with Crippen LogP contribution in [0.5, 0.6) is 0 Å². The molecule has 0 radical (unpaired) electrons. The molecule has 2 amide bonds. The zero-order chi connectivity index (χ0) is 18.3. The number of carbonyl (C=O) groups is 2. The maximum absolute atomic E-state index is 12.1. The van der Waals surface area contributed by atoms with E-state index in [1.54, 1.807) is 11.8 Å². The summed E-state index contributed by atoms with van der Waals surface area (Å²) in [6, 6.07) is 7.91. The predicted molar refractivity (Wildman–Crippen MR) is 99.3 cm³/mol. The molecule has 0 aliphatic heterocycles. The van der Waals surface area contributed by atoms with Gasteiger partial charge in [-0.15, -0.1) is 0 Å². The number of amides is 2. The van der Waals surface area contributed by atoms with Gasteiger partial charge in [-0.3, -0.25) is 9.59 Å². The van der Waals surface area contributed by atoms with Gasteiger partial charge in [0, 0.05) is 38.7 Å². The molecule has 0 atom stereocenters. The maximum Gasteiger partial charge on any atom is 0.223 e. The monoisotopic (exact) mass is 333 g/mol. The first kappa shape index (κ1) is 20.2. The predicted octanol–water partition coefficient (Wildman–Crippen LogP) is 2.40. The van der Waals surface area contributed by atoms with Crippen LogP contribution >= 0.6 is 0 Å². The third-order valence-corrected chi connectivity index (χ3v) is 3.83. The summed E-state index contributed by atoms with van der Waals surface area (Å²) in [4.78, 5) is 27.8. The largest absolute Gasteiger partial charge is 0.355 e. The van der Waals surface area contributed by atoms with Gasteiger partial charge in [0.05, 0.1) is 0 Å². The van der Waals surface area contributed by atoms with E-state index in [-0.39, 0.29) is 17.2 Å². The van der Waals surface area contributed by atoms with E-state index in [2.05, 4.69) is 26.1 Å². The van der Waals surface area contributed by atoms with E-state index in [1.807, 2.05) is 43.3 Å². The third kappa shape index (κ3) is 6.32. The van der Waals surface area contributed by atoms with Crippen LogP contribution in [0.2, 0.25) is 0 Å². The molecular formula is C19H31N3O2. The molecule has 1 rings (SSSR count). The second-order valence-corrected chi connectivity index (χ2v) is 7.34. The minimum absolute atomic E-state index is 0.0312. The summed E-state index contributed by atoms with van der Waals surface area (Å²) >= 11 is 0. The van der Waals surface area contributed by atoms with Crippen LogP contribution in [0.3, 0.4) is 0 Å². The van der Waals surface area contributed by atoms with E-state index in [1.165, 1.54) is 0 Å². The van der Waals surface area contributed by atoms with Crippen molar-refractivity contribution in [3.63, 3.8) is 0 Å². The first-order valence-electron chi connectivity index (χ1n) is 8.42. The Morgan fingerprint density at radius 2 is 1.71 bits per heavy atom. The van der Waals surface area contributed by atoms with Gasteiger partial charge in [0.25, 0.3) is 0 Å². The molecule has 1 aromatic carbocycles. The van der Waals surface area contributed by atoms with Crippen LogP contribution in [0.4, 0.5) is 5.69 Å². The first-order valence-corrected chi connectivity index (χ1v) is 8.42. The minimum atomic E-state index is -0.0712. The van der Waals surface area contributed by atoms with Gasteiger partial charge in [0.15, 0.2) is 0 Å². The number of nitrogens with one attached hydrogen (secondary N) is 1. The summed E-state index contributed by atoms with van der Waals surface area (Å²) in [7, 11) is 3.93. The summed E-state index contributed by atoms with van der Waals surface area (Å²) < 4.78 is 0. The molecule has 0 fully saturated rings. The van der Waals surface area contributed by atoms with Crippen LogP contribution in [0.1, 0.15) is 39.7 Å². The Hall–Kier alpha value is -1.88. The lowest BCUT2D eigenvalue weighted by Gasteiger charge is -2.29. The molecule has 0 aromatic heterocycles. The number of carbonyl (C=O) groups excluding carboxylic acids is 2. The van der Waals surface area contributed by atoms with Crippen molar-refractivity contribution in [1.82, 2.24) is 10.2 Å². The van der Waals surface area contributed by atoms with E-state index in [0.717, 1.165) is 17.8 Å². The Balaban J connectivity index is 2.79. The van der Waals surface area contributed by atoms with Gasteiger partial charge in [0.1, 0.15) is 0 Å². The van der Waals surface area contributed by atoms with Gasteiger partial charge in [0.2, 0.25) is 11.8 Å². The molecule has 0 unspecified atom stereocenters. The number of anilines is 1. The fraction of sp³-hybridized carbons (Fsp3) is 0.579. The number of hydrogen-bond donors (Lipinski definition) is 1. The molecule has 0 spiro atoms. The molecule has 5 heteroatoms.